The molecule has 0 heterocycles. The van der Waals surface area contributed by atoms with E-state index in [0.29, 0.717) is 5.69 Å². The molecule has 19 heavy (non-hydrogen) atoms. The maximum absolute atomic E-state index is 8.92. The van der Waals surface area contributed by atoms with Gasteiger partial charge in [-0.15, -0.1) is 0 Å². The second kappa shape index (κ2) is 7.16. The number of phenols is 1. The molecular weight excluding hydrogens is 238 g/mol. The second-order valence-corrected chi connectivity index (χ2v) is 4.00. The highest BCUT2D eigenvalue weighted by Gasteiger charge is 2.01. The molecule has 4 nitrogen and oxygen atoms in total. The van der Waals surface area contributed by atoms with Gasteiger partial charge in [-0.1, -0.05) is 18.2 Å². The van der Waals surface area contributed by atoms with E-state index in [9.17, 15) is 0 Å². The average Bonchev–Trinajstić information content (AvgIpc) is 2.44. The fraction of sp³-hybridized carbons (Fsp3) is 0.200. The normalized spacial score (nSPS) is 17.4. The number of nitrogen functional groups attached to an aromatic ring is 1. The third-order valence-electron chi connectivity index (χ3n) is 2.55. The lowest BCUT2D eigenvalue weighted by molar-refractivity contribution is 0.478. The van der Waals surface area contributed by atoms with Gasteiger partial charge >= 0.3 is 0 Å². The average molecular weight is 257 g/mol. The predicted molar refractivity (Wildman–Crippen MR) is 82.3 cm³/mol. The number of aryl methyl sites for hydroxylation is 1. The van der Waals surface area contributed by atoms with E-state index in [1.807, 2.05) is 37.3 Å². The molecule has 2 rings (SSSR count). The molecule has 0 radical (unpaired) electrons. The minimum atomic E-state index is 0.153. The van der Waals surface area contributed by atoms with E-state index >= 15 is 0 Å². The Morgan fingerprint density at radius 3 is 1.89 bits per heavy atom. The molecule has 0 spiro atoms. The maximum Gasteiger partial charge on any atom is 0.138 e. The van der Waals surface area contributed by atoms with E-state index in [0.717, 1.165) is 17.0 Å². The zero-order valence-corrected chi connectivity index (χ0v) is 11.5. The highest BCUT2D eigenvalue weighted by molar-refractivity contribution is 6.51. The van der Waals surface area contributed by atoms with Crippen LogP contribution in [0.2, 0.25) is 0 Å². The number of phenolic OH excluding ortho intramolecular Hbond substituents is 1. The van der Waals surface area contributed by atoms with Gasteiger partial charge in [-0.25, -0.2) is 0 Å². The molecule has 1 aromatic rings. The van der Waals surface area contributed by atoms with Crippen LogP contribution < -0.4 is 5.73 Å². The number of hydrogen-bond donors (Lipinski definition) is 2. The summed E-state index contributed by atoms with van der Waals surface area (Å²) in [4.78, 5) is 8.10. The van der Waals surface area contributed by atoms with Gasteiger partial charge in [0, 0.05) is 14.1 Å². The number of nitrogens with zero attached hydrogens (tertiary/aromatic N) is 2. The van der Waals surface area contributed by atoms with E-state index in [-0.39, 0.29) is 5.75 Å². The number of aromatic hydroxyl groups is 1. The zero-order valence-electron chi connectivity index (χ0n) is 11.5. The van der Waals surface area contributed by atoms with E-state index < -0.39 is 0 Å². The van der Waals surface area contributed by atoms with Crippen LogP contribution in [0.15, 0.2) is 52.5 Å². The molecule has 1 aliphatic rings. The highest BCUT2D eigenvalue weighted by atomic mass is 16.3. The van der Waals surface area contributed by atoms with Crippen LogP contribution in [0.3, 0.4) is 0 Å². The van der Waals surface area contributed by atoms with Gasteiger partial charge in [0.1, 0.15) is 5.75 Å². The van der Waals surface area contributed by atoms with Crippen molar-refractivity contribution in [3.63, 3.8) is 0 Å². The van der Waals surface area contributed by atoms with Gasteiger partial charge in [0.15, 0.2) is 0 Å². The Balaban J connectivity index is 0.000000191. The third kappa shape index (κ3) is 4.43. The molecule has 0 aromatic heterocycles. The van der Waals surface area contributed by atoms with E-state index in [1.165, 1.54) is 0 Å². The molecule has 0 amide bonds. The van der Waals surface area contributed by atoms with Gasteiger partial charge in [-0.05, 0) is 36.8 Å². The lowest BCUT2D eigenvalue weighted by Crippen LogP contribution is -2.10. The number of allylic oxidation sites excluding steroid dienone is 4. The maximum atomic E-state index is 8.92. The summed E-state index contributed by atoms with van der Waals surface area (Å²) >= 11 is 0. The first-order valence-electron chi connectivity index (χ1n) is 5.92. The Morgan fingerprint density at radius 2 is 1.53 bits per heavy atom. The lowest BCUT2D eigenvalue weighted by atomic mass is 10.1. The summed E-state index contributed by atoms with van der Waals surface area (Å²) in [7, 11) is 3.54. The standard InChI is InChI=1S/C8H10N2.C7H9NO/c1-9-7-5-3-4-6-8(7)10-2;1-5-2-3-7(9)6(8)4-5/h3-6H,1-2H3;2-4,9H,8H2,1H3. The molecule has 100 valence electrons. The van der Waals surface area contributed by atoms with Crippen molar-refractivity contribution >= 4 is 17.1 Å². The van der Waals surface area contributed by atoms with Crippen LogP contribution in [-0.4, -0.2) is 30.6 Å². The Kier molecular flexibility index (Phi) is 5.54. The molecule has 4 heteroatoms. The van der Waals surface area contributed by atoms with Crippen LogP contribution in [0, 0.1) is 6.92 Å². The largest absolute Gasteiger partial charge is 0.506 e. The predicted octanol–water partition coefficient (Wildman–Crippen LogP) is 2.54. The monoisotopic (exact) mass is 257 g/mol. The Morgan fingerprint density at radius 1 is 1.00 bits per heavy atom. The quantitative estimate of drug-likeness (QED) is 0.426. The molecule has 0 unspecified atom stereocenters. The summed E-state index contributed by atoms with van der Waals surface area (Å²) in [6.45, 7) is 1.93. The fourth-order valence-corrected chi connectivity index (χ4v) is 1.52. The Hall–Kier alpha value is -2.36. The van der Waals surface area contributed by atoms with Gasteiger partial charge in [0.25, 0.3) is 0 Å². The molecule has 0 saturated heterocycles. The van der Waals surface area contributed by atoms with Crippen LogP contribution in [0.25, 0.3) is 0 Å². The minimum absolute atomic E-state index is 0.153. The second-order valence-electron chi connectivity index (χ2n) is 4.00. The molecule has 0 saturated carbocycles. The van der Waals surface area contributed by atoms with Crippen LogP contribution in [-0.2, 0) is 0 Å². The number of rotatable bonds is 0. The van der Waals surface area contributed by atoms with Gasteiger partial charge in [-0.2, -0.15) is 0 Å². The summed E-state index contributed by atoms with van der Waals surface area (Å²) in [5.41, 5.74) is 8.77. The fourth-order valence-electron chi connectivity index (χ4n) is 1.52. The summed E-state index contributed by atoms with van der Waals surface area (Å²) < 4.78 is 0. The molecule has 3 N–H and O–H groups in total. The van der Waals surface area contributed by atoms with Crippen LogP contribution >= 0.6 is 0 Å². The molecular formula is C15H19N3O. The number of nitrogens with two attached hydrogens (primary N) is 1. The summed E-state index contributed by atoms with van der Waals surface area (Å²) in [6.07, 6.45) is 7.80. The van der Waals surface area contributed by atoms with Crippen molar-refractivity contribution in [1.82, 2.24) is 0 Å². The third-order valence-corrected chi connectivity index (χ3v) is 2.55. The first kappa shape index (κ1) is 14.7. The van der Waals surface area contributed by atoms with E-state index in [2.05, 4.69) is 9.98 Å². The Bertz CT molecular complexity index is 529. The first-order valence-corrected chi connectivity index (χ1v) is 5.92. The first-order chi connectivity index (χ1) is 9.08. The number of aliphatic imine (C=N–C) groups is 2. The summed E-state index contributed by atoms with van der Waals surface area (Å²) in [6, 6.07) is 5.13. The van der Waals surface area contributed by atoms with Gasteiger partial charge < -0.3 is 10.8 Å². The highest BCUT2D eigenvalue weighted by Crippen LogP contribution is 2.19. The molecule has 0 atom stereocenters. The van der Waals surface area contributed by atoms with Gasteiger partial charge in [0.05, 0.1) is 17.1 Å². The number of benzene rings is 1. The van der Waals surface area contributed by atoms with Crippen molar-refractivity contribution in [2.45, 2.75) is 6.92 Å². The van der Waals surface area contributed by atoms with Crippen molar-refractivity contribution < 1.29 is 5.11 Å². The topological polar surface area (TPSA) is 71.0 Å². The zero-order chi connectivity index (χ0) is 14.3. The van der Waals surface area contributed by atoms with E-state index in [1.54, 1.807) is 26.2 Å². The molecule has 0 bridgehead atoms. The van der Waals surface area contributed by atoms with E-state index in [4.69, 9.17) is 10.8 Å². The van der Waals surface area contributed by atoms with Crippen molar-refractivity contribution in [2.75, 3.05) is 19.8 Å². The minimum Gasteiger partial charge on any atom is -0.506 e. The van der Waals surface area contributed by atoms with Gasteiger partial charge in [0.2, 0.25) is 0 Å². The van der Waals surface area contributed by atoms with Gasteiger partial charge in [-0.3, -0.25) is 9.98 Å². The molecule has 1 aliphatic carbocycles. The van der Waals surface area contributed by atoms with Crippen molar-refractivity contribution in [3.8, 4) is 5.75 Å². The van der Waals surface area contributed by atoms with Crippen molar-refractivity contribution in [2.24, 2.45) is 9.98 Å². The van der Waals surface area contributed by atoms with Crippen LogP contribution in [0.1, 0.15) is 5.56 Å². The van der Waals surface area contributed by atoms with Crippen LogP contribution in [0.4, 0.5) is 5.69 Å². The SMILES string of the molecule is CN=C1C=CC=CC1=NC.Cc1ccc(O)c(N)c1. The van der Waals surface area contributed by atoms with Crippen molar-refractivity contribution in [1.29, 1.82) is 0 Å². The van der Waals surface area contributed by atoms with Crippen LogP contribution in [0.5, 0.6) is 5.75 Å². The number of anilines is 1. The smallest absolute Gasteiger partial charge is 0.138 e. The number of hydrogen-bond acceptors (Lipinski definition) is 4. The molecule has 0 aliphatic heterocycles. The summed E-state index contributed by atoms with van der Waals surface area (Å²) in [5, 5.41) is 8.92. The Labute approximate surface area is 113 Å². The van der Waals surface area contributed by atoms with Crippen molar-refractivity contribution in [3.05, 3.63) is 48.1 Å². The molecule has 1 aromatic carbocycles. The lowest BCUT2D eigenvalue weighted by Gasteiger charge is -2.01. The summed E-state index contributed by atoms with van der Waals surface area (Å²) in [5.74, 6) is 0.153. The molecule has 0 fully saturated rings.